The van der Waals surface area contributed by atoms with Crippen molar-refractivity contribution in [2.24, 2.45) is 0 Å². The summed E-state index contributed by atoms with van der Waals surface area (Å²) in [6.45, 7) is 8.63. The van der Waals surface area contributed by atoms with E-state index in [-0.39, 0.29) is 23.5 Å². The molecule has 2 aromatic rings. The fraction of sp³-hybridized carbons (Fsp3) is 0.364. The summed E-state index contributed by atoms with van der Waals surface area (Å²) in [5.41, 5.74) is 1.18. The predicted molar refractivity (Wildman–Crippen MR) is 62.0 cm³/mol. The highest BCUT2D eigenvalue weighted by Gasteiger charge is 2.14. The van der Waals surface area contributed by atoms with Gasteiger partial charge in [-0.05, 0) is 6.42 Å². The molecule has 6 nitrogen and oxygen atoms in total. The van der Waals surface area contributed by atoms with Crippen molar-refractivity contribution in [2.45, 2.75) is 26.4 Å². The Morgan fingerprint density at radius 1 is 1.65 bits per heavy atom. The lowest BCUT2D eigenvalue weighted by Gasteiger charge is -2.05. The van der Waals surface area contributed by atoms with Crippen LogP contribution in [-0.4, -0.2) is 19.7 Å². The van der Waals surface area contributed by atoms with Gasteiger partial charge in [-0.1, -0.05) is 13.3 Å². The normalized spacial score (nSPS) is 10.6. The third kappa shape index (κ3) is 1.70. The number of fused-ring (bicyclic) bond motifs is 1. The Labute approximate surface area is 97.3 Å². The lowest BCUT2D eigenvalue weighted by molar-refractivity contribution is 0.275. The number of nitrogens with zero attached hydrogens (tertiary/aromatic N) is 3. The van der Waals surface area contributed by atoms with E-state index in [0.717, 1.165) is 6.42 Å². The second kappa shape index (κ2) is 4.39. The Morgan fingerprint density at radius 3 is 3.00 bits per heavy atom. The number of rotatable bonds is 3. The fourth-order valence-corrected chi connectivity index (χ4v) is 1.80. The summed E-state index contributed by atoms with van der Waals surface area (Å²) in [5, 5.41) is 11.9. The Kier molecular flexibility index (Phi) is 2.93. The summed E-state index contributed by atoms with van der Waals surface area (Å²) in [6.07, 6.45) is 2.80. The summed E-state index contributed by atoms with van der Waals surface area (Å²) >= 11 is 0. The van der Waals surface area contributed by atoms with Gasteiger partial charge in [0, 0.05) is 11.8 Å². The van der Waals surface area contributed by atoms with Crippen LogP contribution in [0.25, 0.3) is 10.5 Å². The second-order valence-electron chi connectivity index (χ2n) is 3.68. The summed E-state index contributed by atoms with van der Waals surface area (Å²) in [4.78, 5) is 19.5. The molecule has 6 heteroatoms. The van der Waals surface area contributed by atoms with Crippen LogP contribution in [-0.2, 0) is 13.0 Å². The molecular formula is C11H12N4O2. The monoisotopic (exact) mass is 232 g/mol. The van der Waals surface area contributed by atoms with Gasteiger partial charge in [0.25, 0.3) is 5.56 Å². The highest BCUT2D eigenvalue weighted by Crippen LogP contribution is 2.17. The second-order valence-corrected chi connectivity index (χ2v) is 3.68. The van der Waals surface area contributed by atoms with Crippen molar-refractivity contribution in [1.29, 1.82) is 0 Å². The standard InChI is InChI=1S/C11H12N4O2/c1-3-4-7-9(6-16)14-10-8(12-2)5-13-15(10)11(7)17/h5,13,16H,3-4,6H2,1H3. The number of aliphatic hydroxyl groups excluding tert-OH is 1. The number of nitrogens with one attached hydrogen (secondary N) is 1. The van der Waals surface area contributed by atoms with Crippen LogP contribution in [0.3, 0.4) is 0 Å². The van der Waals surface area contributed by atoms with Gasteiger partial charge in [-0.15, -0.1) is 0 Å². The van der Waals surface area contributed by atoms with Crippen molar-refractivity contribution in [2.75, 3.05) is 0 Å². The number of aromatic nitrogens is 3. The molecule has 0 aliphatic carbocycles. The van der Waals surface area contributed by atoms with E-state index in [4.69, 9.17) is 6.57 Å². The van der Waals surface area contributed by atoms with E-state index in [1.807, 2.05) is 6.92 Å². The molecule has 88 valence electrons. The van der Waals surface area contributed by atoms with Gasteiger partial charge in [0.05, 0.1) is 18.9 Å². The van der Waals surface area contributed by atoms with Gasteiger partial charge in [0.15, 0.2) is 5.65 Å². The van der Waals surface area contributed by atoms with E-state index >= 15 is 0 Å². The molecule has 0 unspecified atom stereocenters. The molecule has 0 fully saturated rings. The van der Waals surface area contributed by atoms with Crippen LogP contribution in [0.1, 0.15) is 24.6 Å². The van der Waals surface area contributed by atoms with Gasteiger partial charge in [-0.2, -0.15) is 0 Å². The van der Waals surface area contributed by atoms with Crippen LogP contribution in [0.5, 0.6) is 0 Å². The molecule has 0 bridgehead atoms. The lowest BCUT2D eigenvalue weighted by atomic mass is 10.1. The molecule has 2 rings (SSSR count). The first-order valence-corrected chi connectivity index (χ1v) is 5.33. The Morgan fingerprint density at radius 2 is 2.41 bits per heavy atom. The Balaban J connectivity index is 2.81. The zero-order valence-corrected chi connectivity index (χ0v) is 9.40. The molecule has 0 spiro atoms. The first kappa shape index (κ1) is 11.4. The zero-order valence-electron chi connectivity index (χ0n) is 9.40. The first-order chi connectivity index (χ1) is 8.22. The van der Waals surface area contributed by atoms with E-state index in [2.05, 4.69) is 14.9 Å². The SMILES string of the molecule is [C-]#[N+]c1c[nH]n2c(=O)c(CCC)c(CO)nc12. The summed E-state index contributed by atoms with van der Waals surface area (Å²) in [6, 6.07) is 0. The maximum absolute atomic E-state index is 12.1. The highest BCUT2D eigenvalue weighted by molar-refractivity contribution is 5.67. The van der Waals surface area contributed by atoms with Crippen LogP contribution < -0.4 is 5.56 Å². The summed E-state index contributed by atoms with van der Waals surface area (Å²) in [7, 11) is 0. The van der Waals surface area contributed by atoms with Crippen LogP contribution in [0.15, 0.2) is 11.0 Å². The molecule has 17 heavy (non-hydrogen) atoms. The molecule has 0 aliphatic rings. The number of hydrogen-bond acceptors (Lipinski definition) is 3. The van der Waals surface area contributed by atoms with Crippen molar-refractivity contribution in [3.05, 3.63) is 39.2 Å². The van der Waals surface area contributed by atoms with E-state index in [1.165, 1.54) is 10.7 Å². The van der Waals surface area contributed by atoms with Crippen molar-refractivity contribution >= 4 is 11.3 Å². The summed E-state index contributed by atoms with van der Waals surface area (Å²) in [5.74, 6) is 0. The van der Waals surface area contributed by atoms with Crippen molar-refractivity contribution in [3.63, 3.8) is 0 Å². The molecule has 2 N–H and O–H groups in total. The van der Waals surface area contributed by atoms with E-state index in [9.17, 15) is 9.90 Å². The zero-order chi connectivity index (χ0) is 12.4. The lowest BCUT2D eigenvalue weighted by Crippen LogP contribution is -2.22. The first-order valence-electron chi connectivity index (χ1n) is 5.33. The topological polar surface area (TPSA) is 74.8 Å². The third-order valence-corrected chi connectivity index (χ3v) is 2.59. The van der Waals surface area contributed by atoms with Crippen LogP contribution in [0, 0.1) is 6.57 Å². The van der Waals surface area contributed by atoms with Crippen molar-refractivity contribution in [3.8, 4) is 0 Å². The highest BCUT2D eigenvalue weighted by atomic mass is 16.3. The molecule has 2 aromatic heterocycles. The molecule has 0 saturated carbocycles. The van der Waals surface area contributed by atoms with E-state index in [1.54, 1.807) is 0 Å². The molecule has 0 amide bonds. The number of H-pyrrole nitrogens is 1. The average Bonchev–Trinajstić information content (AvgIpc) is 2.75. The molecule has 0 saturated heterocycles. The summed E-state index contributed by atoms with van der Waals surface area (Å²) < 4.78 is 1.25. The van der Waals surface area contributed by atoms with Crippen LogP contribution in [0.2, 0.25) is 0 Å². The molecular weight excluding hydrogens is 220 g/mol. The third-order valence-electron chi connectivity index (χ3n) is 2.59. The van der Waals surface area contributed by atoms with Crippen LogP contribution >= 0.6 is 0 Å². The van der Waals surface area contributed by atoms with E-state index < -0.39 is 0 Å². The van der Waals surface area contributed by atoms with Crippen LogP contribution in [0.4, 0.5) is 5.69 Å². The molecule has 2 heterocycles. The quantitative estimate of drug-likeness (QED) is 0.776. The van der Waals surface area contributed by atoms with Crippen molar-refractivity contribution < 1.29 is 5.11 Å². The average molecular weight is 232 g/mol. The van der Waals surface area contributed by atoms with Gasteiger partial charge < -0.3 is 10.2 Å². The van der Waals surface area contributed by atoms with Gasteiger partial charge in [0.1, 0.15) is 0 Å². The maximum Gasteiger partial charge on any atom is 0.274 e. The smallest absolute Gasteiger partial charge is 0.274 e. The number of aliphatic hydroxyl groups is 1. The van der Waals surface area contributed by atoms with Gasteiger partial charge in [-0.25, -0.2) is 14.3 Å². The minimum atomic E-state index is -0.288. The minimum absolute atomic E-state index is 0.240. The van der Waals surface area contributed by atoms with Gasteiger partial charge >= 0.3 is 0 Å². The molecule has 0 aromatic carbocycles. The van der Waals surface area contributed by atoms with Crippen molar-refractivity contribution in [1.82, 2.24) is 14.6 Å². The minimum Gasteiger partial charge on any atom is -0.390 e. The fourth-order valence-electron chi connectivity index (χ4n) is 1.80. The predicted octanol–water partition coefficient (Wildman–Crippen LogP) is 1.02. The molecule has 0 aliphatic heterocycles. The molecule has 0 radical (unpaired) electrons. The Bertz CT molecular complexity index is 648. The maximum atomic E-state index is 12.1. The Hall–Kier alpha value is -2.13. The molecule has 0 atom stereocenters. The van der Waals surface area contributed by atoms with Gasteiger partial charge in [-0.3, -0.25) is 4.79 Å². The van der Waals surface area contributed by atoms with Gasteiger partial charge in [0.2, 0.25) is 5.69 Å². The number of hydrogen-bond donors (Lipinski definition) is 2. The van der Waals surface area contributed by atoms with E-state index in [0.29, 0.717) is 17.7 Å². The largest absolute Gasteiger partial charge is 0.390 e. The number of aromatic amines is 1.